The zero-order chi connectivity index (χ0) is 23.2. The molecule has 0 saturated carbocycles. The van der Waals surface area contributed by atoms with Gasteiger partial charge in [-0.15, -0.1) is 0 Å². The fourth-order valence-electron chi connectivity index (χ4n) is 3.45. The van der Waals surface area contributed by atoms with E-state index in [1.54, 1.807) is 37.4 Å². The third-order valence-electron chi connectivity index (χ3n) is 4.94. The molecule has 32 heavy (non-hydrogen) atoms. The first-order valence-electron chi connectivity index (χ1n) is 9.39. The van der Waals surface area contributed by atoms with E-state index in [2.05, 4.69) is 5.32 Å². The van der Waals surface area contributed by atoms with E-state index in [0.29, 0.717) is 42.9 Å². The van der Waals surface area contributed by atoms with Crippen LogP contribution in [0.25, 0.3) is 33.4 Å². The number of benzene rings is 2. The molecule has 0 fully saturated rings. The van der Waals surface area contributed by atoms with Crippen molar-refractivity contribution in [2.24, 2.45) is 7.05 Å². The molecular formula is C23H15Cl4N3O2. The molecule has 9 heteroatoms. The Hall–Kier alpha value is -2.57. The molecule has 1 N–H and O–H groups in total. The summed E-state index contributed by atoms with van der Waals surface area (Å²) in [5.74, 6) is -0.362. The van der Waals surface area contributed by atoms with Gasteiger partial charge < -0.3 is 5.32 Å². The number of nitrogens with one attached hydrogen (secondary N) is 1. The molecule has 2 aromatic heterocycles. The molecule has 2 aromatic carbocycles. The summed E-state index contributed by atoms with van der Waals surface area (Å²) in [6.07, 6.45) is 0. The number of hydrogen-bond donors (Lipinski definition) is 1. The molecule has 1 amide bonds. The lowest BCUT2D eigenvalue weighted by Gasteiger charge is -2.17. The Labute approximate surface area is 203 Å². The molecule has 162 valence electrons. The summed E-state index contributed by atoms with van der Waals surface area (Å²) in [6.45, 7) is 1.34. The fourth-order valence-corrected chi connectivity index (χ4v) is 4.35. The van der Waals surface area contributed by atoms with Crippen LogP contribution in [0.3, 0.4) is 0 Å². The maximum atomic E-state index is 12.7. The lowest BCUT2D eigenvalue weighted by molar-refractivity contribution is -0.114. The van der Waals surface area contributed by atoms with E-state index in [1.807, 2.05) is 18.2 Å². The minimum atomic E-state index is -0.484. The molecule has 4 rings (SSSR count). The largest absolute Gasteiger partial charge is 0.324 e. The van der Waals surface area contributed by atoms with Crippen molar-refractivity contribution in [1.82, 2.24) is 9.55 Å². The van der Waals surface area contributed by atoms with E-state index in [0.717, 1.165) is 5.56 Å². The van der Waals surface area contributed by atoms with Crippen molar-refractivity contribution in [3.8, 4) is 22.4 Å². The molecule has 0 bridgehead atoms. The molecule has 2 heterocycles. The molecule has 0 atom stereocenters. The van der Waals surface area contributed by atoms with E-state index in [4.69, 9.17) is 51.4 Å². The Kier molecular flexibility index (Phi) is 6.19. The Balaban J connectivity index is 2.16. The quantitative estimate of drug-likeness (QED) is 0.330. The second-order valence-electron chi connectivity index (χ2n) is 7.12. The van der Waals surface area contributed by atoms with Crippen molar-refractivity contribution in [1.29, 1.82) is 0 Å². The van der Waals surface area contributed by atoms with Crippen molar-refractivity contribution >= 4 is 69.0 Å². The monoisotopic (exact) mass is 505 g/mol. The number of fused-ring (bicyclic) bond motifs is 1. The zero-order valence-corrected chi connectivity index (χ0v) is 19.9. The summed E-state index contributed by atoms with van der Waals surface area (Å²) in [5.41, 5.74) is 2.74. The summed E-state index contributed by atoms with van der Waals surface area (Å²) >= 11 is 25.0. The number of carbonyl (C=O) groups is 1. The van der Waals surface area contributed by atoms with E-state index < -0.39 is 5.56 Å². The minimum absolute atomic E-state index is 0.101. The predicted octanol–water partition coefficient (Wildman–Crippen LogP) is 6.84. The Bertz CT molecular complexity index is 1450. The van der Waals surface area contributed by atoms with Gasteiger partial charge in [-0.2, -0.15) is 0 Å². The highest BCUT2D eigenvalue weighted by atomic mass is 35.5. The summed E-state index contributed by atoms with van der Waals surface area (Å²) in [4.78, 5) is 29.3. The standard InChI is InChI=1S/C23H15Cl4N3O2/c1-11(31)28-21-17-10-16(12-3-5-13(24)6-4-12)20(15-8-7-14(25)9-18(15)26)29-22(17)30(2)23(32)19(21)27/h3-10H,1-2H3,(H,28,31). The van der Waals surface area contributed by atoms with E-state index in [1.165, 1.54) is 11.5 Å². The van der Waals surface area contributed by atoms with Crippen molar-refractivity contribution in [2.75, 3.05) is 5.32 Å². The van der Waals surface area contributed by atoms with Crippen LogP contribution >= 0.6 is 46.4 Å². The van der Waals surface area contributed by atoms with Crippen molar-refractivity contribution in [3.63, 3.8) is 0 Å². The van der Waals surface area contributed by atoms with Gasteiger partial charge in [0.2, 0.25) is 5.91 Å². The van der Waals surface area contributed by atoms with E-state index in [9.17, 15) is 9.59 Å². The minimum Gasteiger partial charge on any atom is -0.324 e. The molecule has 0 aliphatic rings. The normalized spacial score (nSPS) is 11.1. The van der Waals surface area contributed by atoms with Crippen LogP contribution in [0, 0.1) is 0 Å². The second kappa shape index (κ2) is 8.75. The molecule has 0 unspecified atom stereocenters. The highest BCUT2D eigenvalue weighted by Crippen LogP contribution is 2.40. The summed E-state index contributed by atoms with van der Waals surface area (Å²) < 4.78 is 1.34. The highest BCUT2D eigenvalue weighted by molar-refractivity contribution is 6.37. The second-order valence-corrected chi connectivity index (χ2v) is 8.78. The number of amides is 1. The third-order valence-corrected chi connectivity index (χ3v) is 6.09. The van der Waals surface area contributed by atoms with Crippen LogP contribution in [0.4, 0.5) is 5.69 Å². The van der Waals surface area contributed by atoms with Crippen molar-refractivity contribution in [3.05, 3.63) is 79.0 Å². The number of hydrogen-bond acceptors (Lipinski definition) is 3. The van der Waals surface area contributed by atoms with Crippen LogP contribution in [-0.4, -0.2) is 15.5 Å². The maximum absolute atomic E-state index is 12.7. The SMILES string of the molecule is CC(=O)Nc1c(Cl)c(=O)n(C)c2nc(-c3ccc(Cl)cc3Cl)c(-c3ccc(Cl)cc3)cc12. The van der Waals surface area contributed by atoms with E-state index in [-0.39, 0.29) is 16.6 Å². The van der Waals surface area contributed by atoms with Crippen LogP contribution < -0.4 is 10.9 Å². The van der Waals surface area contributed by atoms with Crippen LogP contribution in [0.2, 0.25) is 20.1 Å². The molecule has 0 aliphatic carbocycles. The van der Waals surface area contributed by atoms with Gasteiger partial charge in [0.25, 0.3) is 5.56 Å². The zero-order valence-electron chi connectivity index (χ0n) is 16.8. The Morgan fingerprint density at radius 3 is 2.22 bits per heavy atom. The fraction of sp³-hybridized carbons (Fsp3) is 0.0870. The number of anilines is 1. The molecule has 0 aliphatic heterocycles. The number of rotatable bonds is 3. The number of aromatic nitrogens is 2. The molecule has 4 aromatic rings. The first-order valence-corrected chi connectivity index (χ1v) is 10.9. The number of carbonyl (C=O) groups excluding carboxylic acids is 1. The third kappa shape index (κ3) is 4.09. The molecule has 5 nitrogen and oxygen atoms in total. The predicted molar refractivity (Wildman–Crippen MR) is 132 cm³/mol. The molecule has 0 spiro atoms. The van der Waals surface area contributed by atoms with Crippen LogP contribution in [0.5, 0.6) is 0 Å². The van der Waals surface area contributed by atoms with Gasteiger partial charge in [-0.1, -0.05) is 58.5 Å². The van der Waals surface area contributed by atoms with Gasteiger partial charge in [0.05, 0.1) is 16.4 Å². The molecular weight excluding hydrogens is 492 g/mol. The van der Waals surface area contributed by atoms with Crippen molar-refractivity contribution < 1.29 is 4.79 Å². The lowest BCUT2D eigenvalue weighted by atomic mass is 9.97. The van der Waals surface area contributed by atoms with Crippen LogP contribution in [0.1, 0.15) is 6.92 Å². The lowest BCUT2D eigenvalue weighted by Crippen LogP contribution is -2.21. The average Bonchev–Trinajstić information content (AvgIpc) is 2.75. The van der Waals surface area contributed by atoms with Crippen LogP contribution in [-0.2, 0) is 11.8 Å². The van der Waals surface area contributed by atoms with E-state index >= 15 is 0 Å². The first-order chi connectivity index (χ1) is 15.2. The first kappa shape index (κ1) is 22.6. The Morgan fingerprint density at radius 1 is 0.938 bits per heavy atom. The van der Waals surface area contributed by atoms with Crippen LogP contribution in [0.15, 0.2) is 53.3 Å². The summed E-state index contributed by atoms with van der Waals surface area (Å²) in [5, 5.41) is 4.54. The number of nitrogens with zero attached hydrogens (tertiary/aromatic N) is 2. The van der Waals surface area contributed by atoms with Gasteiger partial charge in [-0.25, -0.2) is 4.98 Å². The van der Waals surface area contributed by atoms with Gasteiger partial charge in [-0.05, 0) is 42.0 Å². The molecule has 0 radical (unpaired) electrons. The van der Waals surface area contributed by atoms with Gasteiger partial charge in [0.1, 0.15) is 10.7 Å². The van der Waals surface area contributed by atoms with Gasteiger partial charge in [-0.3, -0.25) is 14.2 Å². The topological polar surface area (TPSA) is 64.0 Å². The summed E-state index contributed by atoms with van der Waals surface area (Å²) in [7, 11) is 1.57. The van der Waals surface area contributed by atoms with Crippen molar-refractivity contribution in [2.45, 2.75) is 6.92 Å². The highest BCUT2D eigenvalue weighted by Gasteiger charge is 2.21. The number of pyridine rings is 2. The number of aryl methyl sites for hydroxylation is 1. The molecule has 0 saturated heterocycles. The summed E-state index contributed by atoms with van der Waals surface area (Å²) in [6, 6.07) is 14.1. The Morgan fingerprint density at radius 2 is 1.59 bits per heavy atom. The average molecular weight is 507 g/mol. The van der Waals surface area contributed by atoms with Gasteiger partial charge in [0.15, 0.2) is 0 Å². The van der Waals surface area contributed by atoms with Gasteiger partial charge >= 0.3 is 0 Å². The smallest absolute Gasteiger partial charge is 0.272 e. The maximum Gasteiger partial charge on any atom is 0.272 e. The number of halogens is 4. The van der Waals surface area contributed by atoms with Gasteiger partial charge in [0, 0.05) is 40.5 Å².